The van der Waals surface area contributed by atoms with E-state index in [2.05, 4.69) is 23.3 Å². The Bertz CT molecular complexity index is 490. The first-order valence-corrected chi connectivity index (χ1v) is 7.11. The average Bonchev–Trinajstić information content (AvgIpc) is 2.86. The van der Waals surface area contributed by atoms with E-state index in [-0.39, 0.29) is 23.2 Å². The van der Waals surface area contributed by atoms with Crippen LogP contribution in [0.1, 0.15) is 23.7 Å². The van der Waals surface area contributed by atoms with Gasteiger partial charge in [-0.25, -0.2) is 4.79 Å². The molecule has 1 aliphatic rings. The van der Waals surface area contributed by atoms with E-state index in [1.807, 2.05) is 0 Å². The molecule has 0 aromatic heterocycles. The lowest BCUT2D eigenvalue weighted by atomic mass is 10.2. The highest BCUT2D eigenvalue weighted by atomic mass is 32.1. The third kappa shape index (κ3) is 3.74. The van der Waals surface area contributed by atoms with Gasteiger partial charge in [0, 0.05) is 17.5 Å². The minimum Gasteiger partial charge on any atom is -0.462 e. The van der Waals surface area contributed by atoms with E-state index in [0.717, 1.165) is 13.0 Å². The average molecular weight is 294 g/mol. The van der Waals surface area contributed by atoms with E-state index < -0.39 is 0 Å². The molecule has 2 atom stereocenters. The molecule has 1 aromatic rings. The molecule has 20 heavy (non-hydrogen) atoms. The fourth-order valence-electron chi connectivity index (χ4n) is 2.05. The van der Waals surface area contributed by atoms with Crippen molar-refractivity contribution in [3.63, 3.8) is 0 Å². The van der Waals surface area contributed by atoms with Crippen LogP contribution in [-0.2, 0) is 9.53 Å². The number of hydrogen-bond acceptors (Lipinski definition) is 5. The molecule has 0 saturated carbocycles. The van der Waals surface area contributed by atoms with Crippen molar-refractivity contribution in [1.82, 2.24) is 5.32 Å². The maximum absolute atomic E-state index is 12.0. The van der Waals surface area contributed by atoms with Crippen LogP contribution in [0.25, 0.3) is 0 Å². The van der Waals surface area contributed by atoms with E-state index in [1.165, 1.54) is 0 Å². The number of esters is 1. The maximum atomic E-state index is 12.0. The predicted molar refractivity (Wildman–Crippen MR) is 80.2 cm³/mol. The number of carbonyl (C=O) groups is 2. The standard InChI is InChI=1S/C14H18N2O3S/c1-2-19-14(18)9-3-5-10(6-4-9)16-13(17)12-7-11(20)8-15-12/h3-6,11-12,15,20H,2,7-8H2,1H3,(H,16,17)/t11-,12+/m1/s1. The quantitative estimate of drug-likeness (QED) is 0.581. The van der Waals surface area contributed by atoms with Crippen LogP contribution in [0.2, 0.25) is 0 Å². The van der Waals surface area contributed by atoms with Crippen LogP contribution in [0.4, 0.5) is 5.69 Å². The van der Waals surface area contributed by atoms with Gasteiger partial charge in [0.2, 0.25) is 5.91 Å². The monoisotopic (exact) mass is 294 g/mol. The molecule has 1 aromatic carbocycles. The van der Waals surface area contributed by atoms with E-state index in [0.29, 0.717) is 17.9 Å². The molecule has 1 amide bonds. The molecule has 2 N–H and O–H groups in total. The molecule has 1 saturated heterocycles. The Morgan fingerprint density at radius 2 is 2.10 bits per heavy atom. The summed E-state index contributed by atoms with van der Waals surface area (Å²) in [7, 11) is 0. The van der Waals surface area contributed by atoms with Gasteiger partial charge in [0.05, 0.1) is 18.2 Å². The van der Waals surface area contributed by atoms with Gasteiger partial charge in [-0.05, 0) is 37.6 Å². The molecule has 1 fully saturated rings. The Kier molecular flexibility index (Phi) is 5.03. The van der Waals surface area contributed by atoms with Crippen molar-refractivity contribution < 1.29 is 14.3 Å². The number of ether oxygens (including phenoxy) is 1. The van der Waals surface area contributed by atoms with Gasteiger partial charge in [0.1, 0.15) is 0 Å². The van der Waals surface area contributed by atoms with Crippen molar-refractivity contribution >= 4 is 30.2 Å². The topological polar surface area (TPSA) is 67.4 Å². The molecule has 5 nitrogen and oxygen atoms in total. The van der Waals surface area contributed by atoms with Crippen molar-refractivity contribution in [2.75, 3.05) is 18.5 Å². The van der Waals surface area contributed by atoms with Gasteiger partial charge in [-0.3, -0.25) is 4.79 Å². The zero-order chi connectivity index (χ0) is 14.5. The van der Waals surface area contributed by atoms with Crippen LogP contribution in [0, 0.1) is 0 Å². The van der Waals surface area contributed by atoms with E-state index in [9.17, 15) is 9.59 Å². The Morgan fingerprint density at radius 3 is 2.65 bits per heavy atom. The van der Waals surface area contributed by atoms with Crippen molar-refractivity contribution in [3.8, 4) is 0 Å². The minimum absolute atomic E-state index is 0.0783. The van der Waals surface area contributed by atoms with Crippen LogP contribution < -0.4 is 10.6 Å². The molecule has 6 heteroatoms. The van der Waals surface area contributed by atoms with Gasteiger partial charge >= 0.3 is 5.97 Å². The second kappa shape index (κ2) is 6.76. The third-order valence-electron chi connectivity index (χ3n) is 3.09. The Hall–Kier alpha value is -1.53. The second-order valence-electron chi connectivity index (χ2n) is 4.64. The summed E-state index contributed by atoms with van der Waals surface area (Å²) in [5.74, 6) is -0.439. The molecule has 108 valence electrons. The second-order valence-corrected chi connectivity index (χ2v) is 5.37. The first-order valence-electron chi connectivity index (χ1n) is 6.59. The molecule has 1 aliphatic heterocycles. The van der Waals surface area contributed by atoms with Gasteiger partial charge in [0.25, 0.3) is 0 Å². The summed E-state index contributed by atoms with van der Waals surface area (Å²) in [5.41, 5.74) is 1.13. The number of carbonyl (C=O) groups excluding carboxylic acids is 2. The largest absolute Gasteiger partial charge is 0.462 e. The zero-order valence-electron chi connectivity index (χ0n) is 11.3. The highest BCUT2D eigenvalue weighted by Gasteiger charge is 2.27. The number of amides is 1. The molecule has 0 spiro atoms. The predicted octanol–water partition coefficient (Wildman–Crippen LogP) is 1.46. The minimum atomic E-state index is -0.360. The first kappa shape index (κ1) is 14.9. The fourth-order valence-corrected chi connectivity index (χ4v) is 2.37. The summed E-state index contributed by atoms with van der Waals surface area (Å²) in [4.78, 5) is 23.5. The highest BCUT2D eigenvalue weighted by Crippen LogP contribution is 2.15. The van der Waals surface area contributed by atoms with E-state index in [4.69, 9.17) is 4.74 Å². The van der Waals surface area contributed by atoms with Crippen molar-refractivity contribution in [2.24, 2.45) is 0 Å². The molecule has 0 bridgehead atoms. The Morgan fingerprint density at radius 1 is 1.40 bits per heavy atom. The Labute approximate surface area is 123 Å². The summed E-state index contributed by atoms with van der Waals surface area (Å²) < 4.78 is 4.90. The number of thiol groups is 1. The smallest absolute Gasteiger partial charge is 0.338 e. The fraction of sp³-hybridized carbons (Fsp3) is 0.429. The highest BCUT2D eigenvalue weighted by molar-refractivity contribution is 7.81. The SMILES string of the molecule is CCOC(=O)c1ccc(NC(=O)[C@@H]2C[C@@H](S)CN2)cc1. The van der Waals surface area contributed by atoms with Gasteiger partial charge in [-0.2, -0.15) is 12.6 Å². The Balaban J connectivity index is 1.93. The number of hydrogen-bond donors (Lipinski definition) is 3. The summed E-state index contributed by atoms with van der Waals surface area (Å²) in [6.45, 7) is 2.84. The molecule has 0 aliphatic carbocycles. The number of anilines is 1. The summed E-state index contributed by atoms with van der Waals surface area (Å²) in [6.07, 6.45) is 0.718. The summed E-state index contributed by atoms with van der Waals surface area (Å²) >= 11 is 4.33. The molecule has 1 heterocycles. The molecule has 0 unspecified atom stereocenters. The number of nitrogens with one attached hydrogen (secondary N) is 2. The van der Waals surface area contributed by atoms with Crippen molar-refractivity contribution in [2.45, 2.75) is 24.6 Å². The lowest BCUT2D eigenvalue weighted by Gasteiger charge is -2.11. The van der Waals surface area contributed by atoms with Crippen LogP contribution in [0.15, 0.2) is 24.3 Å². The third-order valence-corrected chi connectivity index (χ3v) is 3.48. The van der Waals surface area contributed by atoms with Crippen LogP contribution >= 0.6 is 12.6 Å². The van der Waals surface area contributed by atoms with Crippen molar-refractivity contribution in [3.05, 3.63) is 29.8 Å². The lowest BCUT2D eigenvalue weighted by Crippen LogP contribution is -2.35. The molecular formula is C14H18N2O3S. The van der Waals surface area contributed by atoms with E-state index >= 15 is 0 Å². The summed E-state index contributed by atoms with van der Waals surface area (Å²) in [6, 6.07) is 6.45. The summed E-state index contributed by atoms with van der Waals surface area (Å²) in [5, 5.41) is 6.14. The van der Waals surface area contributed by atoms with Crippen LogP contribution in [0.3, 0.4) is 0 Å². The van der Waals surface area contributed by atoms with Gasteiger partial charge in [0.15, 0.2) is 0 Å². The molecule has 2 rings (SSSR count). The lowest BCUT2D eigenvalue weighted by molar-refractivity contribution is -0.117. The van der Waals surface area contributed by atoms with Crippen LogP contribution in [-0.4, -0.2) is 36.3 Å². The van der Waals surface area contributed by atoms with Gasteiger partial charge in [-0.15, -0.1) is 0 Å². The van der Waals surface area contributed by atoms with Crippen molar-refractivity contribution in [1.29, 1.82) is 0 Å². The molecule has 0 radical (unpaired) electrons. The van der Waals surface area contributed by atoms with Gasteiger partial charge < -0.3 is 15.4 Å². The van der Waals surface area contributed by atoms with Crippen LogP contribution in [0.5, 0.6) is 0 Å². The number of benzene rings is 1. The molecular weight excluding hydrogens is 276 g/mol. The number of rotatable bonds is 4. The normalized spacial score (nSPS) is 21.5. The van der Waals surface area contributed by atoms with Gasteiger partial charge in [-0.1, -0.05) is 0 Å². The maximum Gasteiger partial charge on any atom is 0.338 e. The zero-order valence-corrected chi connectivity index (χ0v) is 12.2. The van der Waals surface area contributed by atoms with E-state index in [1.54, 1.807) is 31.2 Å². The first-order chi connectivity index (χ1) is 9.60.